The van der Waals surface area contributed by atoms with Crippen LogP contribution in [0.25, 0.3) is 22.6 Å². The maximum atomic E-state index is 5.79. The molecule has 0 saturated heterocycles. The van der Waals surface area contributed by atoms with Gasteiger partial charge in [-0.1, -0.05) is 6.07 Å². The van der Waals surface area contributed by atoms with Gasteiger partial charge in [0.15, 0.2) is 11.4 Å². The van der Waals surface area contributed by atoms with E-state index in [1.807, 2.05) is 37.4 Å². The summed E-state index contributed by atoms with van der Waals surface area (Å²) < 4.78 is 5.79. The van der Waals surface area contributed by atoms with Gasteiger partial charge >= 0.3 is 0 Å². The normalized spacial score (nSPS) is 13.7. The predicted octanol–water partition coefficient (Wildman–Crippen LogP) is 2.74. The van der Waals surface area contributed by atoms with Crippen LogP contribution in [-0.2, 0) is 0 Å². The molecule has 1 aromatic carbocycles. The Morgan fingerprint density at radius 2 is 2.25 bits per heavy atom. The highest BCUT2D eigenvalue weighted by molar-refractivity contribution is 5.81. The molecule has 5 heteroatoms. The number of hydrogen-bond donors (Lipinski definition) is 2. The van der Waals surface area contributed by atoms with Crippen LogP contribution in [0.4, 0.5) is 5.69 Å². The van der Waals surface area contributed by atoms with Crippen LogP contribution >= 0.6 is 0 Å². The van der Waals surface area contributed by atoms with Crippen LogP contribution in [0.1, 0.15) is 5.56 Å². The van der Waals surface area contributed by atoms with Gasteiger partial charge in [-0.05, 0) is 30.7 Å². The molecule has 4 rings (SSSR count). The Bertz CT molecular complexity index is 794. The molecule has 3 aromatic rings. The molecule has 2 N–H and O–H groups in total. The number of anilines is 1. The average Bonchev–Trinajstić information content (AvgIpc) is 2.89. The molecule has 0 fully saturated rings. The molecule has 0 bridgehead atoms. The van der Waals surface area contributed by atoms with E-state index < -0.39 is 0 Å². The van der Waals surface area contributed by atoms with Crippen molar-refractivity contribution >= 4 is 16.9 Å². The number of fused-ring (bicyclic) bond motifs is 2. The van der Waals surface area contributed by atoms with E-state index in [0.717, 1.165) is 46.1 Å². The van der Waals surface area contributed by atoms with Gasteiger partial charge in [-0.2, -0.15) is 0 Å². The molecule has 0 saturated carbocycles. The number of H-pyrrole nitrogens is 1. The number of rotatable bonds is 1. The first kappa shape index (κ1) is 11.3. The van der Waals surface area contributed by atoms with Crippen LogP contribution in [0, 0.1) is 6.92 Å². The molecule has 20 heavy (non-hydrogen) atoms. The van der Waals surface area contributed by atoms with Crippen LogP contribution in [0.5, 0.6) is 5.75 Å². The van der Waals surface area contributed by atoms with Gasteiger partial charge in [-0.25, -0.2) is 9.97 Å². The van der Waals surface area contributed by atoms with Crippen molar-refractivity contribution in [1.29, 1.82) is 0 Å². The minimum absolute atomic E-state index is 0.668. The van der Waals surface area contributed by atoms with Gasteiger partial charge in [0.2, 0.25) is 0 Å². The minimum atomic E-state index is 0.668. The van der Waals surface area contributed by atoms with Gasteiger partial charge in [0.25, 0.3) is 0 Å². The fourth-order valence-corrected chi connectivity index (χ4v) is 2.49. The molecule has 0 unspecified atom stereocenters. The number of hydrogen-bond acceptors (Lipinski definition) is 4. The van der Waals surface area contributed by atoms with Crippen LogP contribution in [-0.4, -0.2) is 28.1 Å². The summed E-state index contributed by atoms with van der Waals surface area (Å²) >= 11 is 0. The second-order valence-corrected chi connectivity index (χ2v) is 4.93. The number of benzene rings is 1. The van der Waals surface area contributed by atoms with Crippen LogP contribution in [0.15, 0.2) is 30.5 Å². The number of aromatic amines is 1. The lowest BCUT2D eigenvalue weighted by Gasteiger charge is -2.20. The van der Waals surface area contributed by atoms with Crippen molar-refractivity contribution in [3.63, 3.8) is 0 Å². The zero-order valence-electron chi connectivity index (χ0n) is 11.1. The third-order valence-corrected chi connectivity index (χ3v) is 3.41. The van der Waals surface area contributed by atoms with Crippen LogP contribution in [0.3, 0.4) is 0 Å². The van der Waals surface area contributed by atoms with E-state index in [0.29, 0.717) is 6.61 Å². The number of aryl methyl sites for hydroxylation is 1. The average molecular weight is 266 g/mol. The predicted molar refractivity (Wildman–Crippen MR) is 78.0 cm³/mol. The topological polar surface area (TPSA) is 62.8 Å². The smallest absolute Gasteiger partial charge is 0.178 e. The molecular weight excluding hydrogens is 252 g/mol. The second kappa shape index (κ2) is 4.23. The van der Waals surface area contributed by atoms with Gasteiger partial charge in [0.1, 0.15) is 12.4 Å². The van der Waals surface area contributed by atoms with E-state index in [1.54, 1.807) is 0 Å². The van der Waals surface area contributed by atoms with E-state index >= 15 is 0 Å². The third kappa shape index (κ3) is 1.71. The summed E-state index contributed by atoms with van der Waals surface area (Å²) in [6, 6.07) is 8.08. The highest BCUT2D eigenvalue weighted by Crippen LogP contribution is 2.37. The van der Waals surface area contributed by atoms with E-state index in [4.69, 9.17) is 4.74 Å². The van der Waals surface area contributed by atoms with Gasteiger partial charge < -0.3 is 15.0 Å². The first-order valence-corrected chi connectivity index (χ1v) is 6.64. The number of imidazole rings is 1. The first-order valence-electron chi connectivity index (χ1n) is 6.64. The van der Waals surface area contributed by atoms with E-state index in [1.165, 1.54) is 0 Å². The second-order valence-electron chi connectivity index (χ2n) is 4.93. The maximum absolute atomic E-state index is 5.79. The van der Waals surface area contributed by atoms with Crippen molar-refractivity contribution in [3.8, 4) is 17.1 Å². The fourth-order valence-electron chi connectivity index (χ4n) is 2.49. The summed E-state index contributed by atoms with van der Waals surface area (Å²) in [7, 11) is 0. The summed E-state index contributed by atoms with van der Waals surface area (Å²) in [6.07, 6.45) is 1.82. The standard InChI is InChI=1S/C15H14N4O/c1-9-7-12-15(17-8-9)19-14(18-12)10-3-2-4-11-13(10)20-6-5-16-11/h2-4,7-8,16H,5-6H2,1H3,(H,17,18,19). The van der Waals surface area contributed by atoms with E-state index in [2.05, 4.69) is 20.3 Å². The molecule has 1 aliphatic rings. The molecule has 100 valence electrons. The fraction of sp³-hybridized carbons (Fsp3) is 0.200. The Kier molecular flexibility index (Phi) is 2.39. The Balaban J connectivity index is 1.90. The Morgan fingerprint density at radius 3 is 3.20 bits per heavy atom. The number of nitrogens with zero attached hydrogens (tertiary/aromatic N) is 2. The first-order chi connectivity index (χ1) is 9.81. The highest BCUT2D eigenvalue weighted by Gasteiger charge is 2.17. The van der Waals surface area contributed by atoms with E-state index in [-0.39, 0.29) is 0 Å². The minimum Gasteiger partial charge on any atom is -0.489 e. The molecular formula is C15H14N4O. The molecule has 1 aliphatic heterocycles. The summed E-state index contributed by atoms with van der Waals surface area (Å²) in [4.78, 5) is 12.2. The zero-order valence-corrected chi connectivity index (χ0v) is 11.1. The largest absolute Gasteiger partial charge is 0.489 e. The highest BCUT2D eigenvalue weighted by atomic mass is 16.5. The van der Waals surface area contributed by atoms with Crippen molar-refractivity contribution in [3.05, 3.63) is 36.0 Å². The van der Waals surface area contributed by atoms with Crippen molar-refractivity contribution in [2.75, 3.05) is 18.5 Å². The van der Waals surface area contributed by atoms with Crippen LogP contribution in [0.2, 0.25) is 0 Å². The number of pyridine rings is 1. The molecule has 0 atom stereocenters. The van der Waals surface area contributed by atoms with Crippen molar-refractivity contribution in [2.45, 2.75) is 6.92 Å². The maximum Gasteiger partial charge on any atom is 0.178 e. The lowest BCUT2D eigenvalue weighted by molar-refractivity contribution is 0.324. The monoisotopic (exact) mass is 266 g/mol. The zero-order chi connectivity index (χ0) is 13.5. The lowest BCUT2D eigenvalue weighted by atomic mass is 10.1. The number of ether oxygens (including phenoxy) is 1. The Hall–Kier alpha value is -2.56. The van der Waals surface area contributed by atoms with Gasteiger partial charge in [-0.3, -0.25) is 0 Å². The van der Waals surface area contributed by atoms with Gasteiger partial charge in [0.05, 0.1) is 16.8 Å². The molecule has 5 nitrogen and oxygen atoms in total. The molecule has 0 radical (unpaired) electrons. The molecule has 0 aliphatic carbocycles. The van der Waals surface area contributed by atoms with Crippen LogP contribution < -0.4 is 10.1 Å². The quantitative estimate of drug-likeness (QED) is 0.711. The van der Waals surface area contributed by atoms with Gasteiger partial charge in [-0.15, -0.1) is 0 Å². The third-order valence-electron chi connectivity index (χ3n) is 3.41. The summed E-state index contributed by atoms with van der Waals surface area (Å²) in [5.41, 5.74) is 4.76. The summed E-state index contributed by atoms with van der Waals surface area (Å²) in [6.45, 7) is 3.52. The summed E-state index contributed by atoms with van der Waals surface area (Å²) in [5.74, 6) is 1.65. The van der Waals surface area contributed by atoms with Crippen molar-refractivity contribution in [1.82, 2.24) is 15.0 Å². The van der Waals surface area contributed by atoms with E-state index in [9.17, 15) is 0 Å². The number of nitrogens with one attached hydrogen (secondary N) is 2. The van der Waals surface area contributed by atoms with Gasteiger partial charge in [0, 0.05) is 12.7 Å². The van der Waals surface area contributed by atoms with Crippen molar-refractivity contribution in [2.24, 2.45) is 0 Å². The molecule has 2 aromatic heterocycles. The number of para-hydroxylation sites is 1. The SMILES string of the molecule is Cc1cnc2nc(-c3cccc4c3OCCN4)[nH]c2c1. The lowest BCUT2D eigenvalue weighted by Crippen LogP contribution is -2.18. The molecule has 0 amide bonds. The molecule has 0 spiro atoms. The Labute approximate surface area is 116 Å². The Morgan fingerprint density at radius 1 is 1.30 bits per heavy atom. The molecule has 3 heterocycles. The number of aromatic nitrogens is 3. The van der Waals surface area contributed by atoms with Crippen molar-refractivity contribution < 1.29 is 4.74 Å². The summed E-state index contributed by atoms with van der Waals surface area (Å²) in [5, 5.41) is 3.33.